The molecule has 2 aliphatic carbocycles. The number of aromatic nitrogens is 8. The van der Waals surface area contributed by atoms with Gasteiger partial charge in [0.1, 0.15) is 41.7 Å². The van der Waals surface area contributed by atoms with E-state index in [1.165, 1.54) is 48.6 Å². The SMILES string of the molecule is Cn1nc(NS(C)(=O)=O)c2c(Cl)ccc(-n3c([C@H](Cc4cc(F)cc(F)c4)NC(=O)Cn4nc(C(F)F)c5c4C(F)(F)[C@@H]4C[C@H]54)nc4cc(-c5cncnc5)ccc4c3=O)c21. The monoisotopic (exact) mass is 882 g/mol. The second kappa shape index (κ2) is 14.4. The Balaban J connectivity index is 1.26. The van der Waals surface area contributed by atoms with E-state index in [1.807, 2.05) is 0 Å². The number of aryl methyl sites for hydroxylation is 1. The zero-order valence-corrected chi connectivity index (χ0v) is 33.1. The van der Waals surface area contributed by atoms with Crippen molar-refractivity contribution in [3.8, 4) is 16.8 Å². The summed E-state index contributed by atoms with van der Waals surface area (Å²) in [5.41, 5.74) is -1.45. The van der Waals surface area contributed by atoms with Crippen molar-refractivity contribution < 1.29 is 39.6 Å². The van der Waals surface area contributed by atoms with Gasteiger partial charge in [0.2, 0.25) is 15.9 Å². The Morgan fingerprint density at radius 2 is 1.74 bits per heavy atom. The van der Waals surface area contributed by atoms with Crippen molar-refractivity contribution in [1.29, 1.82) is 0 Å². The maximum Gasteiger partial charge on any atom is 0.293 e. The zero-order chi connectivity index (χ0) is 43.3. The van der Waals surface area contributed by atoms with E-state index in [0.29, 0.717) is 21.9 Å². The number of hydrogen-bond acceptors (Lipinski definition) is 9. The molecule has 14 nitrogen and oxygen atoms in total. The molecule has 4 aromatic heterocycles. The maximum absolute atomic E-state index is 15.5. The number of carbonyl (C=O) groups excluding carboxylic acids is 1. The third-order valence-electron chi connectivity index (χ3n) is 10.7. The third-order valence-corrected chi connectivity index (χ3v) is 11.6. The van der Waals surface area contributed by atoms with E-state index in [4.69, 9.17) is 16.6 Å². The van der Waals surface area contributed by atoms with E-state index in [0.717, 1.165) is 23.0 Å². The Kier molecular flexibility index (Phi) is 9.46. The van der Waals surface area contributed by atoms with Crippen LogP contribution in [0.1, 0.15) is 53.1 Å². The molecule has 1 amide bonds. The topological polar surface area (TPSA) is 172 Å². The number of sulfonamides is 1. The van der Waals surface area contributed by atoms with Gasteiger partial charge in [-0.1, -0.05) is 17.7 Å². The van der Waals surface area contributed by atoms with Crippen LogP contribution in [0.2, 0.25) is 5.02 Å². The Morgan fingerprint density at radius 3 is 2.43 bits per heavy atom. The highest BCUT2D eigenvalue weighted by molar-refractivity contribution is 7.92. The van der Waals surface area contributed by atoms with Gasteiger partial charge in [0.15, 0.2) is 5.82 Å². The second-order valence-corrected chi connectivity index (χ2v) is 17.0. The van der Waals surface area contributed by atoms with E-state index >= 15 is 8.78 Å². The molecule has 0 bridgehead atoms. The summed E-state index contributed by atoms with van der Waals surface area (Å²) in [5.74, 6) is -9.04. The van der Waals surface area contributed by atoms with Crippen molar-refractivity contribution in [3.05, 3.63) is 123 Å². The van der Waals surface area contributed by atoms with Gasteiger partial charge >= 0.3 is 0 Å². The van der Waals surface area contributed by atoms with Gasteiger partial charge in [-0.3, -0.25) is 28.2 Å². The first-order chi connectivity index (χ1) is 28.9. The highest BCUT2D eigenvalue weighted by atomic mass is 35.5. The van der Waals surface area contributed by atoms with Crippen LogP contribution < -0.4 is 15.6 Å². The van der Waals surface area contributed by atoms with Crippen LogP contribution in [-0.2, 0) is 40.8 Å². The summed E-state index contributed by atoms with van der Waals surface area (Å²) in [6, 6.07) is 8.49. The number of fused-ring (bicyclic) bond motifs is 5. The van der Waals surface area contributed by atoms with Gasteiger partial charge in [-0.25, -0.2) is 40.9 Å². The molecule has 9 rings (SSSR count). The Bertz CT molecular complexity index is 3120. The van der Waals surface area contributed by atoms with E-state index in [9.17, 15) is 35.6 Å². The van der Waals surface area contributed by atoms with Gasteiger partial charge in [-0.2, -0.15) is 19.0 Å². The minimum Gasteiger partial charge on any atom is -0.344 e. The molecular formula is C39H29ClF6N10O4S. The maximum atomic E-state index is 15.5. The number of halogens is 7. The van der Waals surface area contributed by atoms with Crippen molar-refractivity contribution in [2.24, 2.45) is 13.0 Å². The number of amides is 1. The summed E-state index contributed by atoms with van der Waals surface area (Å²) in [4.78, 5) is 42.0. The molecule has 7 aromatic rings. The average Bonchev–Trinajstić information content (AvgIpc) is 3.73. The molecule has 2 aliphatic rings. The van der Waals surface area contributed by atoms with Gasteiger partial charge < -0.3 is 5.32 Å². The van der Waals surface area contributed by atoms with Crippen LogP contribution in [0.5, 0.6) is 0 Å². The van der Waals surface area contributed by atoms with Gasteiger partial charge in [-0.15, -0.1) is 0 Å². The summed E-state index contributed by atoms with van der Waals surface area (Å²) in [6.07, 6.45) is 1.58. The summed E-state index contributed by atoms with van der Waals surface area (Å²) in [6.45, 7) is -0.985. The first-order valence-electron chi connectivity index (χ1n) is 18.4. The van der Waals surface area contributed by atoms with Crippen molar-refractivity contribution >= 4 is 55.2 Å². The molecule has 22 heteroatoms. The standard InChI is InChI=1S/C39H29ClF6N10O4S/c1-54-33-28(6-5-25(40)31(33)36(52-54)53-61(2,59)60)56-37(50-26-10-18(3-4-22(26)38(56)58)19-13-47-16-48-14-19)27(9-17-7-20(41)11-21(42)8-17)49-29(57)15-55-34-30(32(51-55)35(43)44)23-12-24(23)39(34,45)46/h3-8,10-11,13-14,16,23-24,27,35H,9,12,15H2,1-2H3,(H,49,57)(H,52,53)/t23-,24+,27-/m0/s1. The molecule has 3 aromatic carbocycles. The van der Waals surface area contributed by atoms with Crippen molar-refractivity contribution in [1.82, 2.24) is 44.4 Å². The van der Waals surface area contributed by atoms with Crippen LogP contribution >= 0.6 is 11.6 Å². The smallest absolute Gasteiger partial charge is 0.293 e. The largest absolute Gasteiger partial charge is 0.344 e. The van der Waals surface area contributed by atoms with Gasteiger partial charge in [0.25, 0.3) is 17.9 Å². The summed E-state index contributed by atoms with van der Waals surface area (Å²) in [5, 5.41) is 10.8. The molecule has 2 N–H and O–H groups in total. The summed E-state index contributed by atoms with van der Waals surface area (Å²) >= 11 is 6.61. The minimum atomic E-state index is -3.91. The Labute approximate surface area is 345 Å². The molecule has 61 heavy (non-hydrogen) atoms. The minimum absolute atomic E-state index is 0.00546. The number of benzene rings is 3. The molecule has 314 valence electrons. The zero-order valence-electron chi connectivity index (χ0n) is 31.5. The van der Waals surface area contributed by atoms with E-state index in [-0.39, 0.29) is 61.7 Å². The Morgan fingerprint density at radius 1 is 1.02 bits per heavy atom. The molecule has 4 heterocycles. The fraction of sp³-hybridized carbons (Fsp3) is 0.256. The number of hydrogen-bond donors (Lipinski definition) is 2. The van der Waals surface area contributed by atoms with E-state index in [1.54, 1.807) is 12.1 Å². The van der Waals surface area contributed by atoms with Crippen LogP contribution in [0.4, 0.5) is 32.2 Å². The van der Waals surface area contributed by atoms with Crippen molar-refractivity contribution in [2.75, 3.05) is 11.0 Å². The predicted octanol–water partition coefficient (Wildman–Crippen LogP) is 6.48. The third kappa shape index (κ3) is 7.03. The molecule has 0 spiro atoms. The lowest BCUT2D eigenvalue weighted by Crippen LogP contribution is -2.38. The second-order valence-electron chi connectivity index (χ2n) is 14.9. The van der Waals surface area contributed by atoms with Crippen LogP contribution in [0.3, 0.4) is 0 Å². The lowest BCUT2D eigenvalue weighted by Gasteiger charge is -2.24. The van der Waals surface area contributed by atoms with Crippen molar-refractivity contribution in [2.45, 2.75) is 43.7 Å². The van der Waals surface area contributed by atoms with Gasteiger partial charge in [0.05, 0.1) is 44.8 Å². The molecule has 1 saturated carbocycles. The fourth-order valence-corrected chi connectivity index (χ4v) is 8.94. The number of alkyl halides is 4. The summed E-state index contributed by atoms with van der Waals surface area (Å²) in [7, 11) is -2.46. The lowest BCUT2D eigenvalue weighted by atomic mass is 10.0. The molecule has 0 saturated heterocycles. The molecular weight excluding hydrogens is 854 g/mol. The lowest BCUT2D eigenvalue weighted by molar-refractivity contribution is -0.123. The van der Waals surface area contributed by atoms with E-state index < -0.39 is 87.7 Å². The van der Waals surface area contributed by atoms with Gasteiger partial charge in [0, 0.05) is 49.0 Å². The Hall–Kier alpha value is -6.35. The predicted molar refractivity (Wildman–Crippen MR) is 209 cm³/mol. The average molecular weight is 883 g/mol. The fourth-order valence-electron chi connectivity index (χ4n) is 8.21. The quantitative estimate of drug-likeness (QED) is 0.138. The number of nitrogens with zero attached hydrogens (tertiary/aromatic N) is 8. The van der Waals surface area contributed by atoms with Crippen LogP contribution in [-0.4, -0.2) is 59.7 Å². The molecule has 3 atom stereocenters. The molecule has 0 radical (unpaired) electrons. The number of rotatable bonds is 11. The highest BCUT2D eigenvalue weighted by Gasteiger charge is 2.67. The first kappa shape index (κ1) is 40.1. The van der Waals surface area contributed by atoms with E-state index in [2.05, 4.69) is 30.2 Å². The van der Waals surface area contributed by atoms with Crippen LogP contribution in [0.25, 0.3) is 38.6 Å². The molecule has 0 aliphatic heterocycles. The van der Waals surface area contributed by atoms with Gasteiger partial charge in [-0.05, 0) is 59.9 Å². The number of anilines is 1. The normalized spacial score (nSPS) is 17.1. The highest BCUT2D eigenvalue weighted by Crippen LogP contribution is 2.68. The van der Waals surface area contributed by atoms with Crippen LogP contribution in [0.15, 0.2) is 72.0 Å². The number of nitrogens with one attached hydrogen (secondary N) is 2. The first-order valence-corrected chi connectivity index (χ1v) is 20.6. The summed E-state index contributed by atoms with van der Waals surface area (Å²) < 4.78 is 119. The molecule has 0 unspecified atom stereocenters. The van der Waals surface area contributed by atoms with Crippen molar-refractivity contribution in [3.63, 3.8) is 0 Å². The molecule has 1 fully saturated rings. The van der Waals surface area contributed by atoms with Crippen LogP contribution in [0, 0.1) is 17.6 Å². The number of carbonyl (C=O) groups is 1.